The number of para-hydroxylation sites is 1. The maximum Gasteiger partial charge on any atom is 0.0875 e. The molecule has 0 radical (unpaired) electrons. The molecule has 0 saturated heterocycles. The summed E-state index contributed by atoms with van der Waals surface area (Å²) in [6, 6.07) is 9.02. The van der Waals surface area contributed by atoms with E-state index in [2.05, 4.69) is 43.6 Å². The van der Waals surface area contributed by atoms with Crippen molar-refractivity contribution in [1.82, 2.24) is 15.1 Å². The molecular weight excluding hydrogens is 258 g/mol. The minimum absolute atomic E-state index is 0.402. The van der Waals surface area contributed by atoms with Gasteiger partial charge in [-0.25, -0.2) is 0 Å². The molecule has 1 aromatic heterocycles. The van der Waals surface area contributed by atoms with Gasteiger partial charge in [0.15, 0.2) is 0 Å². The highest BCUT2D eigenvalue weighted by Gasteiger charge is 2.27. The number of aromatic nitrogens is 2. The molecule has 2 aromatic rings. The predicted molar refractivity (Wildman–Crippen MR) is 88.3 cm³/mol. The van der Waals surface area contributed by atoms with Crippen LogP contribution in [0.1, 0.15) is 57.2 Å². The van der Waals surface area contributed by atoms with Crippen LogP contribution < -0.4 is 5.32 Å². The normalized spacial score (nSPS) is 18.8. The standard InChI is InChI=1S/C18H27N3/c1-3-19-17(14-10-6-4-5-7-11-14)18-15-12-8-9-13-16(15)21(2)20-18/h8-9,12-14,17,19H,3-7,10-11H2,1-2H3. The molecule has 1 atom stereocenters. The number of hydrogen-bond acceptors (Lipinski definition) is 2. The van der Waals surface area contributed by atoms with Gasteiger partial charge in [0, 0.05) is 12.4 Å². The zero-order valence-electron chi connectivity index (χ0n) is 13.3. The second-order valence-electron chi connectivity index (χ2n) is 6.31. The van der Waals surface area contributed by atoms with Gasteiger partial charge in [0.1, 0.15) is 0 Å². The number of aryl methyl sites for hydroxylation is 1. The van der Waals surface area contributed by atoms with Crippen molar-refractivity contribution in [3.63, 3.8) is 0 Å². The topological polar surface area (TPSA) is 29.9 Å². The van der Waals surface area contributed by atoms with Crippen LogP contribution in [-0.2, 0) is 7.05 Å². The fraction of sp³-hybridized carbons (Fsp3) is 0.611. The summed E-state index contributed by atoms with van der Waals surface area (Å²) in [7, 11) is 2.06. The predicted octanol–water partition coefficient (Wildman–Crippen LogP) is 4.19. The molecule has 3 nitrogen and oxygen atoms in total. The lowest BCUT2D eigenvalue weighted by atomic mass is 9.88. The molecule has 3 rings (SSSR count). The molecule has 1 fully saturated rings. The molecule has 1 N–H and O–H groups in total. The van der Waals surface area contributed by atoms with Crippen LogP contribution in [0.25, 0.3) is 10.9 Å². The van der Waals surface area contributed by atoms with Gasteiger partial charge in [-0.05, 0) is 31.4 Å². The van der Waals surface area contributed by atoms with Gasteiger partial charge in [-0.3, -0.25) is 4.68 Å². The first-order chi connectivity index (χ1) is 10.3. The van der Waals surface area contributed by atoms with E-state index in [9.17, 15) is 0 Å². The van der Waals surface area contributed by atoms with Crippen LogP contribution in [0.4, 0.5) is 0 Å². The summed E-state index contributed by atoms with van der Waals surface area (Å²) in [5.74, 6) is 0.728. The Labute approximate surface area is 127 Å². The Hall–Kier alpha value is -1.35. The van der Waals surface area contributed by atoms with Crippen LogP contribution in [0.2, 0.25) is 0 Å². The zero-order valence-corrected chi connectivity index (χ0v) is 13.3. The molecule has 1 aromatic carbocycles. The molecule has 0 aliphatic heterocycles. The van der Waals surface area contributed by atoms with E-state index in [-0.39, 0.29) is 0 Å². The Bertz CT molecular complexity index is 579. The third-order valence-corrected chi connectivity index (χ3v) is 4.88. The van der Waals surface area contributed by atoms with E-state index in [4.69, 9.17) is 5.10 Å². The molecule has 1 heterocycles. The average molecular weight is 285 g/mol. The molecule has 1 saturated carbocycles. The Balaban J connectivity index is 1.98. The maximum absolute atomic E-state index is 4.87. The van der Waals surface area contributed by atoms with Crippen molar-refractivity contribution in [3.05, 3.63) is 30.0 Å². The van der Waals surface area contributed by atoms with Crippen molar-refractivity contribution < 1.29 is 0 Å². The van der Waals surface area contributed by atoms with Gasteiger partial charge in [-0.15, -0.1) is 0 Å². The summed E-state index contributed by atoms with van der Waals surface area (Å²) in [4.78, 5) is 0. The summed E-state index contributed by atoms with van der Waals surface area (Å²) in [5, 5.41) is 9.91. The van der Waals surface area contributed by atoms with E-state index in [1.54, 1.807) is 0 Å². The molecule has 0 spiro atoms. The van der Waals surface area contributed by atoms with E-state index < -0.39 is 0 Å². The molecule has 21 heavy (non-hydrogen) atoms. The minimum atomic E-state index is 0.402. The van der Waals surface area contributed by atoms with Crippen molar-refractivity contribution in [1.29, 1.82) is 0 Å². The van der Waals surface area contributed by atoms with Gasteiger partial charge in [0.2, 0.25) is 0 Å². The largest absolute Gasteiger partial charge is 0.309 e. The maximum atomic E-state index is 4.87. The van der Waals surface area contributed by atoms with E-state index in [0.717, 1.165) is 12.5 Å². The Morgan fingerprint density at radius 2 is 1.90 bits per heavy atom. The van der Waals surface area contributed by atoms with Crippen LogP contribution in [0, 0.1) is 5.92 Å². The summed E-state index contributed by atoms with van der Waals surface area (Å²) in [5.41, 5.74) is 2.49. The summed E-state index contributed by atoms with van der Waals surface area (Å²) in [6.45, 7) is 3.21. The lowest BCUT2D eigenvalue weighted by Crippen LogP contribution is -2.28. The Morgan fingerprint density at radius 1 is 1.19 bits per heavy atom. The molecule has 1 unspecified atom stereocenters. The van der Waals surface area contributed by atoms with Crippen molar-refractivity contribution >= 4 is 10.9 Å². The molecule has 3 heteroatoms. The average Bonchev–Trinajstić information content (AvgIpc) is 2.70. The molecule has 1 aliphatic carbocycles. The van der Waals surface area contributed by atoms with E-state index >= 15 is 0 Å². The van der Waals surface area contributed by atoms with E-state index in [0.29, 0.717) is 6.04 Å². The lowest BCUT2D eigenvalue weighted by Gasteiger charge is -2.26. The lowest BCUT2D eigenvalue weighted by molar-refractivity contribution is 0.324. The third-order valence-electron chi connectivity index (χ3n) is 4.88. The molecule has 1 aliphatic rings. The molecular formula is C18H27N3. The number of hydrogen-bond donors (Lipinski definition) is 1. The monoisotopic (exact) mass is 285 g/mol. The van der Waals surface area contributed by atoms with Crippen LogP contribution in [-0.4, -0.2) is 16.3 Å². The zero-order chi connectivity index (χ0) is 14.7. The first-order valence-electron chi connectivity index (χ1n) is 8.46. The third kappa shape index (κ3) is 2.98. The van der Waals surface area contributed by atoms with Gasteiger partial charge in [0.05, 0.1) is 17.3 Å². The summed E-state index contributed by atoms with van der Waals surface area (Å²) >= 11 is 0. The van der Waals surface area contributed by atoms with Gasteiger partial charge >= 0.3 is 0 Å². The van der Waals surface area contributed by atoms with E-state index in [1.807, 2.05) is 4.68 Å². The van der Waals surface area contributed by atoms with Crippen LogP contribution in [0.5, 0.6) is 0 Å². The second-order valence-corrected chi connectivity index (χ2v) is 6.31. The molecule has 0 amide bonds. The highest BCUT2D eigenvalue weighted by Crippen LogP contribution is 2.35. The molecule has 114 valence electrons. The quantitative estimate of drug-likeness (QED) is 0.853. The van der Waals surface area contributed by atoms with Crippen molar-refractivity contribution in [2.24, 2.45) is 13.0 Å². The smallest absolute Gasteiger partial charge is 0.0875 e. The SMILES string of the molecule is CCNC(c1nn(C)c2ccccc12)C1CCCCCC1. The van der Waals surface area contributed by atoms with Gasteiger partial charge in [0.25, 0.3) is 0 Å². The van der Waals surface area contributed by atoms with Crippen molar-refractivity contribution in [3.8, 4) is 0 Å². The fourth-order valence-electron chi connectivity index (χ4n) is 3.82. The first kappa shape index (κ1) is 14.6. The van der Waals surface area contributed by atoms with Crippen LogP contribution in [0.3, 0.4) is 0 Å². The van der Waals surface area contributed by atoms with Crippen molar-refractivity contribution in [2.45, 2.75) is 51.5 Å². The number of nitrogens with one attached hydrogen (secondary N) is 1. The minimum Gasteiger partial charge on any atom is -0.309 e. The first-order valence-corrected chi connectivity index (χ1v) is 8.46. The number of fused-ring (bicyclic) bond motifs is 1. The van der Waals surface area contributed by atoms with Crippen LogP contribution >= 0.6 is 0 Å². The Kier molecular flexibility index (Phi) is 4.59. The van der Waals surface area contributed by atoms with E-state index in [1.165, 1.54) is 55.1 Å². The number of rotatable bonds is 4. The Morgan fingerprint density at radius 3 is 2.62 bits per heavy atom. The van der Waals surface area contributed by atoms with Gasteiger partial charge in [-0.1, -0.05) is 50.8 Å². The highest BCUT2D eigenvalue weighted by molar-refractivity contribution is 5.82. The second kappa shape index (κ2) is 6.61. The van der Waals surface area contributed by atoms with Gasteiger partial charge < -0.3 is 5.32 Å². The number of benzene rings is 1. The number of nitrogens with zero attached hydrogens (tertiary/aromatic N) is 2. The summed E-state index contributed by atoms with van der Waals surface area (Å²) < 4.78 is 2.03. The highest BCUT2D eigenvalue weighted by atomic mass is 15.3. The van der Waals surface area contributed by atoms with Crippen LogP contribution in [0.15, 0.2) is 24.3 Å². The summed E-state index contributed by atoms with van der Waals surface area (Å²) in [6.07, 6.45) is 8.22. The molecule has 0 bridgehead atoms. The van der Waals surface area contributed by atoms with Gasteiger partial charge in [-0.2, -0.15) is 5.10 Å². The van der Waals surface area contributed by atoms with Crippen molar-refractivity contribution in [2.75, 3.05) is 6.54 Å². The fourth-order valence-corrected chi connectivity index (χ4v) is 3.82.